The lowest BCUT2D eigenvalue weighted by molar-refractivity contribution is -0.137. The third-order valence-corrected chi connectivity index (χ3v) is 11.3. The molecule has 15 heteroatoms. The molecule has 2 aliphatic heterocycles. The number of hydrogen-bond acceptors (Lipinski definition) is 9. The number of ether oxygens (including phenoxy) is 1. The number of anilines is 2. The van der Waals surface area contributed by atoms with Crippen LogP contribution in [0.25, 0.3) is 32.1 Å². The first-order chi connectivity index (χ1) is 23.8. The SMILES string of the molecule is C=CC(=O)N1C(C)CN(c2nc(=O)n3c4c(c(-c5ccc(F)c6sc(N)c(C#N)c56)c(C(F)(F)F)cc24)SCC(OC2CC2)C3)CC1C.CC. The first kappa shape index (κ1) is 35.7. The number of halogens is 4. The number of alkyl halides is 3. The van der Waals surface area contributed by atoms with Gasteiger partial charge < -0.3 is 20.3 Å². The summed E-state index contributed by atoms with van der Waals surface area (Å²) in [6.45, 7) is 11.7. The largest absolute Gasteiger partial charge is 0.417 e. The van der Waals surface area contributed by atoms with Crippen molar-refractivity contribution in [1.29, 1.82) is 5.26 Å². The minimum atomic E-state index is -4.90. The highest BCUT2D eigenvalue weighted by Crippen LogP contribution is 2.51. The molecule has 1 saturated carbocycles. The van der Waals surface area contributed by atoms with E-state index >= 15 is 17.6 Å². The highest BCUT2D eigenvalue weighted by atomic mass is 32.2. The number of thiophene rings is 1. The summed E-state index contributed by atoms with van der Waals surface area (Å²) in [6, 6.07) is 4.55. The zero-order chi connectivity index (χ0) is 36.2. The molecule has 2 aromatic heterocycles. The van der Waals surface area contributed by atoms with Gasteiger partial charge in [-0.1, -0.05) is 26.5 Å². The van der Waals surface area contributed by atoms with Gasteiger partial charge in [0.05, 0.1) is 40.1 Å². The second-order valence-electron chi connectivity index (χ2n) is 12.4. The molecule has 1 amide bonds. The normalized spacial score (nSPS) is 20.7. The summed E-state index contributed by atoms with van der Waals surface area (Å²) in [5.74, 6) is -0.653. The van der Waals surface area contributed by atoms with Gasteiger partial charge in [0.2, 0.25) is 5.91 Å². The number of hydrogen-bond donors (Lipinski definition) is 1. The van der Waals surface area contributed by atoms with Crippen LogP contribution in [-0.2, 0) is 22.3 Å². The number of benzene rings is 2. The second kappa shape index (κ2) is 13.5. The quantitative estimate of drug-likeness (QED) is 0.170. The van der Waals surface area contributed by atoms with Crippen molar-refractivity contribution in [2.45, 2.75) is 82.4 Å². The molecule has 1 aliphatic carbocycles. The van der Waals surface area contributed by atoms with Crippen LogP contribution in [0.2, 0.25) is 0 Å². The summed E-state index contributed by atoms with van der Waals surface area (Å²) in [7, 11) is 0. The Morgan fingerprint density at radius 1 is 1.16 bits per heavy atom. The Morgan fingerprint density at radius 2 is 1.84 bits per heavy atom. The number of piperazine rings is 1. The molecule has 4 heterocycles. The maximum absolute atomic E-state index is 15.3. The average Bonchev–Trinajstić information content (AvgIpc) is 3.86. The van der Waals surface area contributed by atoms with Gasteiger partial charge in [-0.15, -0.1) is 23.1 Å². The van der Waals surface area contributed by atoms with Crippen molar-refractivity contribution in [1.82, 2.24) is 14.5 Å². The van der Waals surface area contributed by atoms with Crippen molar-refractivity contribution in [3.05, 3.63) is 58.3 Å². The highest BCUT2D eigenvalue weighted by molar-refractivity contribution is 7.99. The lowest BCUT2D eigenvalue weighted by Gasteiger charge is -2.44. The van der Waals surface area contributed by atoms with Gasteiger partial charge in [-0.2, -0.15) is 23.4 Å². The van der Waals surface area contributed by atoms with Gasteiger partial charge in [-0.05, 0) is 50.5 Å². The van der Waals surface area contributed by atoms with Gasteiger partial charge in [0.1, 0.15) is 22.7 Å². The van der Waals surface area contributed by atoms with Crippen LogP contribution in [0.15, 0.2) is 40.5 Å². The van der Waals surface area contributed by atoms with Crippen molar-refractivity contribution < 1.29 is 27.1 Å². The van der Waals surface area contributed by atoms with Crippen LogP contribution in [0, 0.1) is 17.1 Å². The van der Waals surface area contributed by atoms with Crippen LogP contribution in [-0.4, -0.2) is 63.5 Å². The van der Waals surface area contributed by atoms with Crippen LogP contribution in [0.4, 0.5) is 28.4 Å². The molecule has 2 fully saturated rings. The van der Waals surface area contributed by atoms with Crippen LogP contribution in [0.3, 0.4) is 0 Å². The fourth-order valence-corrected chi connectivity index (χ4v) is 9.18. The van der Waals surface area contributed by atoms with Gasteiger partial charge in [0, 0.05) is 52.2 Å². The topological polar surface area (TPSA) is 117 Å². The van der Waals surface area contributed by atoms with E-state index in [1.807, 2.05) is 33.8 Å². The van der Waals surface area contributed by atoms with E-state index in [1.54, 1.807) is 9.80 Å². The fourth-order valence-electron chi connectivity index (χ4n) is 6.97. The van der Waals surface area contributed by atoms with E-state index in [-0.39, 0.29) is 103 Å². The van der Waals surface area contributed by atoms with E-state index in [1.165, 1.54) is 16.7 Å². The van der Waals surface area contributed by atoms with Gasteiger partial charge in [0.15, 0.2) is 0 Å². The predicted molar refractivity (Wildman–Crippen MR) is 189 cm³/mol. The number of rotatable bonds is 5. The summed E-state index contributed by atoms with van der Waals surface area (Å²) in [6.07, 6.45) is -2.43. The molecule has 2 aromatic carbocycles. The third-order valence-electron chi connectivity index (χ3n) is 9.06. The number of nitrogens with zero attached hydrogens (tertiary/aromatic N) is 5. The molecule has 0 bridgehead atoms. The van der Waals surface area contributed by atoms with E-state index in [2.05, 4.69) is 11.6 Å². The minimum Gasteiger partial charge on any atom is -0.389 e. The number of amides is 1. The molecular weight excluding hydrogens is 693 g/mol. The van der Waals surface area contributed by atoms with Crippen molar-refractivity contribution in [3.8, 4) is 17.2 Å². The molecule has 2 N–H and O–H groups in total. The summed E-state index contributed by atoms with van der Waals surface area (Å²) in [5, 5.41) is 10.1. The van der Waals surface area contributed by atoms with Crippen LogP contribution >= 0.6 is 23.1 Å². The number of nitrogens with two attached hydrogens (primary N) is 1. The smallest absolute Gasteiger partial charge is 0.389 e. The molecule has 3 unspecified atom stereocenters. The number of carbonyl (C=O) groups excluding carboxylic acids is 1. The average molecular weight is 729 g/mol. The molecule has 4 aromatic rings. The maximum Gasteiger partial charge on any atom is 0.417 e. The molecule has 0 radical (unpaired) electrons. The van der Waals surface area contributed by atoms with Gasteiger partial charge >= 0.3 is 11.9 Å². The first-order valence-electron chi connectivity index (χ1n) is 16.4. The first-order valence-corrected chi connectivity index (χ1v) is 18.2. The Balaban J connectivity index is 0.00000212. The van der Waals surface area contributed by atoms with E-state index in [9.17, 15) is 14.9 Å². The van der Waals surface area contributed by atoms with Crippen molar-refractivity contribution in [2.24, 2.45) is 0 Å². The lowest BCUT2D eigenvalue weighted by Crippen LogP contribution is -2.58. The molecular formula is C35H36F4N6O3S2. The summed E-state index contributed by atoms with van der Waals surface area (Å²) < 4.78 is 68.6. The van der Waals surface area contributed by atoms with Crippen LogP contribution in [0.5, 0.6) is 0 Å². The minimum absolute atomic E-state index is 0.00874. The second-order valence-corrected chi connectivity index (χ2v) is 14.5. The monoisotopic (exact) mass is 728 g/mol. The molecule has 3 atom stereocenters. The summed E-state index contributed by atoms with van der Waals surface area (Å²) in [5.41, 5.74) is 4.28. The fraction of sp³-hybridized carbons (Fsp3) is 0.429. The Labute approximate surface area is 294 Å². The molecule has 50 heavy (non-hydrogen) atoms. The van der Waals surface area contributed by atoms with Crippen molar-refractivity contribution in [2.75, 3.05) is 29.5 Å². The zero-order valence-corrected chi connectivity index (χ0v) is 29.6. The number of carbonyl (C=O) groups is 1. The third kappa shape index (κ3) is 6.11. The van der Waals surface area contributed by atoms with E-state index in [0.717, 1.165) is 48.1 Å². The van der Waals surface area contributed by atoms with Gasteiger partial charge in [0.25, 0.3) is 0 Å². The standard InChI is InChI=1S/C33H30F4N6O3S2.C2H6/c1-4-24(44)43-15(2)11-41(12-16(43)3)31-20-9-22(33(35,36)37)26(19-7-8-23(34)28-25(19)21(10-38)30(39)48-28)29-27(20)42(32(45)40-31)13-18(14-47-29)46-17-5-6-17;1-2/h4,7-9,15-18H,1,5-6,11-14,39H2,2-3H3;1-2H3. The number of fused-ring (bicyclic) bond motifs is 1. The zero-order valence-electron chi connectivity index (χ0n) is 27.9. The van der Waals surface area contributed by atoms with Gasteiger partial charge in [-0.3, -0.25) is 9.36 Å². The number of thioether (sulfide) groups is 1. The number of aromatic nitrogens is 2. The molecule has 3 aliphatic rings. The van der Waals surface area contributed by atoms with Crippen LogP contribution in [0.1, 0.15) is 51.7 Å². The Bertz CT molecular complexity index is 2110. The number of nitrogen functional groups attached to an aromatic ring is 1. The summed E-state index contributed by atoms with van der Waals surface area (Å²) in [4.78, 5) is 34.5. The van der Waals surface area contributed by atoms with E-state index in [4.69, 9.17) is 10.5 Å². The summed E-state index contributed by atoms with van der Waals surface area (Å²) >= 11 is 1.94. The Kier molecular flexibility index (Phi) is 9.66. The Morgan fingerprint density at radius 3 is 2.44 bits per heavy atom. The van der Waals surface area contributed by atoms with Crippen LogP contribution < -0.4 is 16.3 Å². The molecule has 7 rings (SSSR count). The van der Waals surface area contributed by atoms with Crippen molar-refractivity contribution >= 4 is 60.8 Å². The van der Waals surface area contributed by atoms with E-state index in [0.29, 0.717) is 0 Å². The Hall–Kier alpha value is -4.13. The van der Waals surface area contributed by atoms with Gasteiger partial charge in [-0.25, -0.2) is 9.18 Å². The molecule has 0 spiro atoms. The molecule has 9 nitrogen and oxygen atoms in total. The van der Waals surface area contributed by atoms with E-state index < -0.39 is 29.4 Å². The maximum atomic E-state index is 15.3. The highest BCUT2D eigenvalue weighted by Gasteiger charge is 2.41. The molecule has 264 valence electrons. The predicted octanol–water partition coefficient (Wildman–Crippen LogP) is 7.18. The lowest BCUT2D eigenvalue weighted by atomic mass is 9.92. The molecule has 1 saturated heterocycles. The number of nitriles is 1. The van der Waals surface area contributed by atoms with Crippen molar-refractivity contribution in [3.63, 3.8) is 0 Å².